The maximum atomic E-state index is 5.78. The molecule has 2 fully saturated rings. The first-order chi connectivity index (χ1) is 7.33. The van der Waals surface area contributed by atoms with Crippen LogP contribution in [0.1, 0.15) is 49.8 Å². The van der Waals surface area contributed by atoms with Gasteiger partial charge in [0.25, 0.3) is 0 Å². The molecule has 3 heteroatoms. The summed E-state index contributed by atoms with van der Waals surface area (Å²) in [5.41, 5.74) is 8.11. The molecule has 1 heterocycles. The van der Waals surface area contributed by atoms with Crippen LogP contribution in [0.3, 0.4) is 0 Å². The fraction of sp³-hybridized carbons (Fsp3) is 0.750. The molecule has 2 aliphatic carbocycles. The highest BCUT2D eigenvalue weighted by atomic mass is 16.5. The van der Waals surface area contributed by atoms with Crippen molar-refractivity contribution in [3.8, 4) is 0 Å². The molecule has 2 unspecified atom stereocenters. The Kier molecular flexibility index (Phi) is 2.01. The maximum Gasteiger partial charge on any atom is 0.225 e. The first-order valence-electron chi connectivity index (χ1n) is 6.06. The van der Waals surface area contributed by atoms with Crippen molar-refractivity contribution in [3.05, 3.63) is 11.3 Å². The number of nitrogen functional groups attached to an aromatic ring is 1. The monoisotopic (exact) mass is 206 g/mol. The van der Waals surface area contributed by atoms with E-state index in [0.29, 0.717) is 11.8 Å². The molecule has 3 rings (SSSR count). The minimum atomic E-state index is 0.538. The van der Waals surface area contributed by atoms with Gasteiger partial charge >= 0.3 is 0 Å². The molecule has 0 radical (unpaired) electrons. The maximum absolute atomic E-state index is 5.78. The van der Waals surface area contributed by atoms with E-state index in [1.165, 1.54) is 31.4 Å². The van der Waals surface area contributed by atoms with Gasteiger partial charge in [-0.3, -0.25) is 0 Å². The van der Waals surface area contributed by atoms with Crippen molar-refractivity contribution in [1.29, 1.82) is 0 Å². The van der Waals surface area contributed by atoms with Crippen LogP contribution < -0.4 is 5.73 Å². The van der Waals surface area contributed by atoms with Gasteiger partial charge in [0.2, 0.25) is 5.88 Å². The second-order valence-electron chi connectivity index (χ2n) is 4.90. The van der Waals surface area contributed by atoms with E-state index in [0.717, 1.165) is 23.8 Å². The largest absolute Gasteiger partial charge is 0.367 e. The number of nitrogens with two attached hydrogens (primary N) is 1. The summed E-state index contributed by atoms with van der Waals surface area (Å²) in [7, 11) is 0. The van der Waals surface area contributed by atoms with Gasteiger partial charge in [-0.1, -0.05) is 24.9 Å². The van der Waals surface area contributed by atoms with Crippen LogP contribution in [-0.4, -0.2) is 5.16 Å². The molecule has 1 aromatic heterocycles. The fourth-order valence-corrected chi connectivity index (χ4v) is 3.35. The van der Waals surface area contributed by atoms with Crippen LogP contribution in [0.15, 0.2) is 4.52 Å². The number of aromatic nitrogens is 1. The molecule has 0 bridgehead atoms. The van der Waals surface area contributed by atoms with Crippen LogP contribution in [-0.2, 0) is 6.42 Å². The van der Waals surface area contributed by atoms with Crippen LogP contribution in [0.5, 0.6) is 0 Å². The van der Waals surface area contributed by atoms with Crippen LogP contribution in [0.25, 0.3) is 0 Å². The normalized spacial score (nSPS) is 33.8. The lowest BCUT2D eigenvalue weighted by atomic mass is 10.0. The van der Waals surface area contributed by atoms with Crippen molar-refractivity contribution < 1.29 is 4.52 Å². The number of anilines is 1. The van der Waals surface area contributed by atoms with Gasteiger partial charge in [-0.2, -0.15) is 0 Å². The Hall–Kier alpha value is -0.990. The van der Waals surface area contributed by atoms with Crippen molar-refractivity contribution in [3.63, 3.8) is 0 Å². The van der Waals surface area contributed by atoms with E-state index in [9.17, 15) is 0 Å². The molecular formula is C12H18N2O. The van der Waals surface area contributed by atoms with Gasteiger partial charge in [0.15, 0.2) is 0 Å². The average Bonchev–Trinajstić information content (AvgIpc) is 2.87. The third kappa shape index (κ3) is 1.29. The molecule has 0 saturated heterocycles. The molecule has 0 aromatic carbocycles. The third-order valence-corrected chi connectivity index (χ3v) is 4.17. The van der Waals surface area contributed by atoms with E-state index < -0.39 is 0 Å². The molecule has 0 amide bonds. The number of fused-ring (bicyclic) bond motifs is 1. The molecule has 0 aliphatic heterocycles. The second kappa shape index (κ2) is 3.26. The first-order valence-corrected chi connectivity index (χ1v) is 6.06. The molecule has 3 nitrogen and oxygen atoms in total. The summed E-state index contributed by atoms with van der Waals surface area (Å²) in [4.78, 5) is 0. The number of nitrogens with zero attached hydrogens (tertiary/aromatic N) is 1. The van der Waals surface area contributed by atoms with Crippen molar-refractivity contribution in [2.75, 3.05) is 5.73 Å². The van der Waals surface area contributed by atoms with Crippen molar-refractivity contribution >= 4 is 5.88 Å². The Balaban J connectivity index is 1.88. The van der Waals surface area contributed by atoms with Crippen LogP contribution in [0.2, 0.25) is 0 Å². The van der Waals surface area contributed by atoms with Crippen molar-refractivity contribution in [2.24, 2.45) is 11.8 Å². The Morgan fingerprint density at radius 2 is 2.00 bits per heavy atom. The van der Waals surface area contributed by atoms with E-state index in [2.05, 4.69) is 12.1 Å². The molecular weight excluding hydrogens is 188 g/mol. The van der Waals surface area contributed by atoms with Gasteiger partial charge in [-0.15, -0.1) is 0 Å². The molecule has 1 aromatic rings. The van der Waals surface area contributed by atoms with Gasteiger partial charge in [0.05, 0.1) is 5.69 Å². The van der Waals surface area contributed by atoms with E-state index in [4.69, 9.17) is 10.3 Å². The zero-order valence-electron chi connectivity index (χ0n) is 9.20. The number of hydrogen-bond donors (Lipinski definition) is 1. The highest BCUT2D eigenvalue weighted by molar-refractivity contribution is 5.43. The van der Waals surface area contributed by atoms with E-state index in [1.807, 2.05) is 0 Å². The SMILES string of the molecule is CCc1c(C2C3CCCCC32)noc1N. The van der Waals surface area contributed by atoms with E-state index >= 15 is 0 Å². The highest BCUT2D eigenvalue weighted by Crippen LogP contribution is 2.61. The quantitative estimate of drug-likeness (QED) is 0.809. The van der Waals surface area contributed by atoms with Gasteiger partial charge in [-0.25, -0.2) is 0 Å². The third-order valence-electron chi connectivity index (χ3n) is 4.17. The van der Waals surface area contributed by atoms with Crippen LogP contribution in [0, 0.1) is 11.8 Å². The van der Waals surface area contributed by atoms with Gasteiger partial charge in [-0.05, 0) is 31.1 Å². The molecule has 15 heavy (non-hydrogen) atoms. The van der Waals surface area contributed by atoms with Crippen LogP contribution in [0.4, 0.5) is 5.88 Å². The molecule has 2 aliphatic rings. The minimum absolute atomic E-state index is 0.538. The Bertz CT molecular complexity index is 360. The summed E-state index contributed by atoms with van der Waals surface area (Å²) < 4.78 is 5.12. The molecule has 0 spiro atoms. The minimum Gasteiger partial charge on any atom is -0.367 e. The molecule has 82 valence electrons. The van der Waals surface area contributed by atoms with Crippen LogP contribution >= 0.6 is 0 Å². The molecule has 2 saturated carbocycles. The lowest BCUT2D eigenvalue weighted by Gasteiger charge is -2.04. The van der Waals surface area contributed by atoms with E-state index in [1.54, 1.807) is 0 Å². The van der Waals surface area contributed by atoms with Gasteiger partial charge in [0, 0.05) is 11.5 Å². The number of hydrogen-bond acceptors (Lipinski definition) is 3. The summed E-state index contributed by atoms with van der Waals surface area (Å²) >= 11 is 0. The molecule has 2 atom stereocenters. The summed E-state index contributed by atoms with van der Waals surface area (Å²) in [6.07, 6.45) is 6.50. The van der Waals surface area contributed by atoms with Crippen molar-refractivity contribution in [2.45, 2.75) is 44.9 Å². The smallest absolute Gasteiger partial charge is 0.225 e. The Labute approximate surface area is 90.0 Å². The summed E-state index contributed by atoms with van der Waals surface area (Å²) in [6.45, 7) is 2.12. The van der Waals surface area contributed by atoms with Gasteiger partial charge < -0.3 is 10.3 Å². The average molecular weight is 206 g/mol. The highest BCUT2D eigenvalue weighted by Gasteiger charge is 2.53. The summed E-state index contributed by atoms with van der Waals surface area (Å²) in [5, 5.41) is 4.17. The lowest BCUT2D eigenvalue weighted by molar-refractivity contribution is 0.426. The predicted molar refractivity (Wildman–Crippen MR) is 58.5 cm³/mol. The zero-order valence-corrected chi connectivity index (χ0v) is 9.20. The second-order valence-corrected chi connectivity index (χ2v) is 4.90. The molecule has 2 N–H and O–H groups in total. The predicted octanol–water partition coefficient (Wildman–Crippen LogP) is 2.72. The van der Waals surface area contributed by atoms with Gasteiger partial charge in [0.1, 0.15) is 0 Å². The number of rotatable bonds is 2. The standard InChI is InChI=1S/C12H18N2O/c1-2-7-11(14-15-12(7)13)10-8-5-3-4-6-9(8)10/h8-10H,2-6,13H2,1H3. The Morgan fingerprint density at radius 3 is 2.60 bits per heavy atom. The Morgan fingerprint density at radius 1 is 1.33 bits per heavy atom. The first kappa shape index (κ1) is 9.25. The zero-order chi connectivity index (χ0) is 10.4. The topological polar surface area (TPSA) is 52.0 Å². The van der Waals surface area contributed by atoms with E-state index in [-0.39, 0.29) is 0 Å². The lowest BCUT2D eigenvalue weighted by Crippen LogP contribution is -1.93. The summed E-state index contributed by atoms with van der Waals surface area (Å²) in [5.74, 6) is 2.97. The fourth-order valence-electron chi connectivity index (χ4n) is 3.35. The van der Waals surface area contributed by atoms with Crippen molar-refractivity contribution in [1.82, 2.24) is 5.16 Å². The summed E-state index contributed by atoms with van der Waals surface area (Å²) in [6, 6.07) is 0.